The van der Waals surface area contributed by atoms with Gasteiger partial charge in [0, 0.05) is 18.1 Å². The molecule has 0 aliphatic rings. The topological polar surface area (TPSA) is 32.3 Å². The summed E-state index contributed by atoms with van der Waals surface area (Å²) in [6.45, 7) is 3.02. The van der Waals surface area contributed by atoms with Crippen molar-refractivity contribution in [2.45, 2.75) is 19.1 Å². The third-order valence-electron chi connectivity index (χ3n) is 2.83. The Kier molecular flexibility index (Phi) is 4.40. The molecule has 2 aromatic rings. The Morgan fingerprint density at radius 1 is 1.39 bits per heavy atom. The molecular weight excluding hydrogens is 266 g/mol. The van der Waals surface area contributed by atoms with E-state index < -0.39 is 5.60 Å². The van der Waals surface area contributed by atoms with Crippen molar-refractivity contribution in [1.29, 1.82) is 0 Å². The molecule has 0 aliphatic heterocycles. The van der Waals surface area contributed by atoms with Gasteiger partial charge in [0.05, 0.1) is 5.60 Å². The van der Waals surface area contributed by atoms with Crippen LogP contribution in [-0.2, 0) is 12.1 Å². The van der Waals surface area contributed by atoms with Crippen molar-refractivity contribution in [3.8, 4) is 0 Å². The number of rotatable bonds is 5. The monoisotopic (exact) mass is 281 g/mol. The molecule has 0 spiro atoms. The Labute approximate surface area is 116 Å². The van der Waals surface area contributed by atoms with E-state index in [1.54, 1.807) is 11.3 Å². The van der Waals surface area contributed by atoms with Crippen LogP contribution in [0.4, 0.5) is 0 Å². The zero-order valence-corrected chi connectivity index (χ0v) is 11.8. The second-order valence-corrected chi connectivity index (χ2v) is 5.74. The van der Waals surface area contributed by atoms with E-state index in [4.69, 9.17) is 11.6 Å². The molecule has 1 aromatic heterocycles. The molecule has 0 saturated carbocycles. The van der Waals surface area contributed by atoms with Crippen LogP contribution in [0.5, 0.6) is 0 Å². The zero-order chi connectivity index (χ0) is 13.0. The van der Waals surface area contributed by atoms with Crippen molar-refractivity contribution in [1.82, 2.24) is 5.32 Å². The molecule has 0 amide bonds. The normalized spacial score (nSPS) is 14.4. The first-order chi connectivity index (χ1) is 8.58. The fraction of sp³-hybridized carbons (Fsp3) is 0.286. The molecule has 1 heterocycles. The smallest absolute Gasteiger partial charge is 0.1000 e. The molecule has 0 radical (unpaired) electrons. The summed E-state index contributed by atoms with van der Waals surface area (Å²) in [6.07, 6.45) is 0. The Bertz CT molecular complexity index is 496. The van der Waals surface area contributed by atoms with Gasteiger partial charge in [-0.1, -0.05) is 23.7 Å². The minimum Gasteiger partial charge on any atom is -0.384 e. The van der Waals surface area contributed by atoms with Gasteiger partial charge in [0.2, 0.25) is 0 Å². The van der Waals surface area contributed by atoms with Crippen LogP contribution in [-0.4, -0.2) is 11.7 Å². The summed E-state index contributed by atoms with van der Waals surface area (Å²) in [6, 6.07) is 9.67. The number of benzene rings is 1. The Morgan fingerprint density at radius 2 is 2.22 bits per heavy atom. The fourth-order valence-electron chi connectivity index (χ4n) is 1.77. The minimum absolute atomic E-state index is 0.510. The highest BCUT2D eigenvalue weighted by Crippen LogP contribution is 2.22. The lowest BCUT2D eigenvalue weighted by Crippen LogP contribution is -2.34. The summed E-state index contributed by atoms with van der Waals surface area (Å²) in [5.41, 5.74) is 1.23. The number of nitrogens with one attached hydrogen (secondary N) is 1. The quantitative estimate of drug-likeness (QED) is 0.880. The first kappa shape index (κ1) is 13.6. The van der Waals surface area contributed by atoms with Crippen molar-refractivity contribution in [2.24, 2.45) is 0 Å². The average Bonchev–Trinajstić information content (AvgIpc) is 2.83. The fourth-order valence-corrected chi connectivity index (χ4v) is 2.77. The Morgan fingerprint density at radius 3 is 2.89 bits per heavy atom. The van der Waals surface area contributed by atoms with Crippen molar-refractivity contribution in [3.05, 3.63) is 57.2 Å². The molecule has 1 atom stereocenters. The second-order valence-electron chi connectivity index (χ2n) is 4.52. The van der Waals surface area contributed by atoms with Crippen molar-refractivity contribution < 1.29 is 5.11 Å². The maximum absolute atomic E-state index is 10.3. The lowest BCUT2D eigenvalue weighted by Gasteiger charge is -2.23. The van der Waals surface area contributed by atoms with Crippen LogP contribution in [0.25, 0.3) is 0 Å². The lowest BCUT2D eigenvalue weighted by atomic mass is 9.99. The van der Waals surface area contributed by atoms with E-state index in [-0.39, 0.29) is 0 Å². The zero-order valence-electron chi connectivity index (χ0n) is 10.2. The maximum Gasteiger partial charge on any atom is 0.1000 e. The lowest BCUT2D eigenvalue weighted by molar-refractivity contribution is 0.0571. The molecule has 0 saturated heterocycles. The van der Waals surface area contributed by atoms with E-state index in [1.807, 2.05) is 48.0 Å². The van der Waals surface area contributed by atoms with E-state index in [0.29, 0.717) is 13.1 Å². The van der Waals surface area contributed by atoms with E-state index in [1.165, 1.54) is 0 Å². The van der Waals surface area contributed by atoms with Gasteiger partial charge in [-0.2, -0.15) is 11.3 Å². The van der Waals surface area contributed by atoms with Crippen LogP contribution in [0.3, 0.4) is 0 Å². The SMILES string of the molecule is CC(O)(CNCc1cccc(Cl)c1)c1ccsc1. The van der Waals surface area contributed by atoms with Gasteiger partial charge < -0.3 is 10.4 Å². The van der Waals surface area contributed by atoms with Crippen molar-refractivity contribution in [3.63, 3.8) is 0 Å². The molecule has 1 unspecified atom stereocenters. The van der Waals surface area contributed by atoms with Gasteiger partial charge in [0.1, 0.15) is 0 Å². The standard InChI is InChI=1S/C14H16ClNOS/c1-14(17,12-5-6-18-9-12)10-16-8-11-3-2-4-13(15)7-11/h2-7,9,16-17H,8,10H2,1H3. The van der Waals surface area contributed by atoms with E-state index in [0.717, 1.165) is 16.1 Å². The Hall–Kier alpha value is -0.870. The molecule has 18 heavy (non-hydrogen) atoms. The molecule has 4 heteroatoms. The first-order valence-electron chi connectivity index (χ1n) is 5.78. The summed E-state index contributed by atoms with van der Waals surface area (Å²) in [7, 11) is 0. The summed E-state index contributed by atoms with van der Waals surface area (Å²) in [4.78, 5) is 0. The largest absolute Gasteiger partial charge is 0.384 e. The third-order valence-corrected chi connectivity index (χ3v) is 3.75. The highest BCUT2D eigenvalue weighted by molar-refractivity contribution is 7.08. The summed E-state index contributed by atoms with van der Waals surface area (Å²) in [5.74, 6) is 0. The van der Waals surface area contributed by atoms with Crippen LogP contribution in [0, 0.1) is 0 Å². The van der Waals surface area contributed by atoms with Crippen molar-refractivity contribution in [2.75, 3.05) is 6.54 Å². The molecule has 2 nitrogen and oxygen atoms in total. The van der Waals surface area contributed by atoms with E-state index >= 15 is 0 Å². The second kappa shape index (κ2) is 5.85. The van der Waals surface area contributed by atoms with Crippen molar-refractivity contribution >= 4 is 22.9 Å². The number of halogens is 1. The predicted octanol–water partition coefficient (Wildman–Crippen LogP) is 3.40. The van der Waals surface area contributed by atoms with Crippen LogP contribution in [0.15, 0.2) is 41.1 Å². The van der Waals surface area contributed by atoms with Gasteiger partial charge in [0.15, 0.2) is 0 Å². The summed E-state index contributed by atoms with van der Waals surface area (Å²) < 4.78 is 0. The number of aliphatic hydroxyl groups is 1. The molecule has 1 aromatic carbocycles. The van der Waals surface area contributed by atoms with Crippen LogP contribution in [0.1, 0.15) is 18.1 Å². The molecule has 0 bridgehead atoms. The highest BCUT2D eigenvalue weighted by atomic mass is 35.5. The number of hydrogen-bond donors (Lipinski definition) is 2. The van der Waals surface area contributed by atoms with Crippen LogP contribution >= 0.6 is 22.9 Å². The number of hydrogen-bond acceptors (Lipinski definition) is 3. The molecule has 0 fully saturated rings. The first-order valence-corrected chi connectivity index (χ1v) is 7.10. The molecule has 2 N–H and O–H groups in total. The maximum atomic E-state index is 10.3. The predicted molar refractivity (Wildman–Crippen MR) is 77.0 cm³/mol. The third kappa shape index (κ3) is 3.56. The average molecular weight is 282 g/mol. The molecule has 96 valence electrons. The van der Waals surface area contributed by atoms with Gasteiger partial charge in [-0.25, -0.2) is 0 Å². The van der Waals surface area contributed by atoms with Crippen LogP contribution < -0.4 is 5.32 Å². The van der Waals surface area contributed by atoms with Gasteiger partial charge >= 0.3 is 0 Å². The highest BCUT2D eigenvalue weighted by Gasteiger charge is 2.22. The molecule has 0 aliphatic carbocycles. The van der Waals surface area contributed by atoms with Gasteiger partial charge in [0.25, 0.3) is 0 Å². The summed E-state index contributed by atoms with van der Waals surface area (Å²) >= 11 is 7.51. The summed E-state index contributed by atoms with van der Waals surface area (Å²) in [5, 5.41) is 18.3. The van der Waals surface area contributed by atoms with Gasteiger partial charge in [-0.15, -0.1) is 0 Å². The molecule has 2 rings (SSSR count). The van der Waals surface area contributed by atoms with Crippen LogP contribution in [0.2, 0.25) is 5.02 Å². The van der Waals surface area contributed by atoms with E-state index in [2.05, 4.69) is 5.32 Å². The Balaban J connectivity index is 1.89. The number of thiophene rings is 1. The van der Waals surface area contributed by atoms with Gasteiger partial charge in [-0.05, 0) is 47.0 Å². The molecular formula is C14H16ClNOS. The van der Waals surface area contributed by atoms with Gasteiger partial charge in [-0.3, -0.25) is 0 Å². The van der Waals surface area contributed by atoms with E-state index in [9.17, 15) is 5.11 Å². The minimum atomic E-state index is -0.835.